The van der Waals surface area contributed by atoms with E-state index in [1.165, 1.54) is 0 Å². The molecule has 0 radical (unpaired) electrons. The Hall–Kier alpha value is -1.13. The number of aryl methyl sites for hydroxylation is 1. The molecule has 0 heterocycles. The van der Waals surface area contributed by atoms with Crippen LogP contribution in [0, 0.1) is 0 Å². The second kappa shape index (κ2) is 7.46. The van der Waals surface area contributed by atoms with Gasteiger partial charge in [0.1, 0.15) is 0 Å². The van der Waals surface area contributed by atoms with Gasteiger partial charge in [-0.3, -0.25) is 4.89 Å². The molecule has 0 aliphatic heterocycles. The average Bonchev–Trinajstić information content (AvgIpc) is 2.46. The molecule has 0 amide bonds. The van der Waals surface area contributed by atoms with E-state index in [0.717, 1.165) is 23.1 Å². The molecule has 3 nitrogen and oxygen atoms in total. The maximum absolute atomic E-state index is 11.5. The molecule has 0 aliphatic rings. The van der Waals surface area contributed by atoms with Crippen molar-refractivity contribution in [3.63, 3.8) is 0 Å². The molecule has 0 aliphatic carbocycles. The van der Waals surface area contributed by atoms with Gasteiger partial charge in [0, 0.05) is 0 Å². The van der Waals surface area contributed by atoms with Crippen molar-refractivity contribution in [2.75, 3.05) is 0 Å². The fourth-order valence-corrected chi connectivity index (χ4v) is 2.04. The van der Waals surface area contributed by atoms with Gasteiger partial charge in [0.25, 0.3) is 0 Å². The zero-order chi connectivity index (χ0) is 13.0. The number of rotatable bonds is 3. The molecule has 0 bridgehead atoms. The maximum atomic E-state index is 11.5. The van der Waals surface area contributed by atoms with Crippen molar-refractivity contribution in [1.29, 1.82) is 0 Å². The van der Waals surface area contributed by atoms with Crippen LogP contribution in [0.5, 0.6) is 0 Å². The molecule has 0 spiro atoms. The summed E-state index contributed by atoms with van der Waals surface area (Å²) < 4.78 is 0. The first-order chi connectivity index (χ1) is 8.77. The third kappa shape index (κ3) is 3.45. The molecule has 0 unspecified atom stereocenters. The Morgan fingerprint density at radius 3 is 2.26 bits per heavy atom. The van der Waals surface area contributed by atoms with E-state index in [1.54, 1.807) is 12.1 Å². The van der Waals surface area contributed by atoms with Gasteiger partial charge in [0.05, 0.1) is 5.56 Å². The van der Waals surface area contributed by atoms with Crippen LogP contribution in [0.1, 0.15) is 22.8 Å². The fourth-order valence-electron chi connectivity index (χ4n) is 2.04. The number of hydrogen-bond donors (Lipinski definition) is 1. The third-order valence-electron chi connectivity index (χ3n) is 2.92. The summed E-state index contributed by atoms with van der Waals surface area (Å²) in [7, 11) is 0. The zero-order valence-corrected chi connectivity index (χ0v) is 10.1. The SMILES string of the molecule is CCc1ccccc1-c1ccccc1C(=O)OO.[NaH]. The van der Waals surface area contributed by atoms with Crippen molar-refractivity contribution >= 4 is 35.5 Å². The zero-order valence-electron chi connectivity index (χ0n) is 10.1. The first-order valence-corrected chi connectivity index (χ1v) is 5.81. The quantitative estimate of drug-likeness (QED) is 0.528. The van der Waals surface area contributed by atoms with Crippen LogP contribution in [0.15, 0.2) is 48.5 Å². The Morgan fingerprint density at radius 1 is 1.05 bits per heavy atom. The summed E-state index contributed by atoms with van der Waals surface area (Å²) in [6.45, 7) is 2.06. The van der Waals surface area contributed by atoms with Gasteiger partial charge < -0.3 is 0 Å². The van der Waals surface area contributed by atoms with Crippen LogP contribution in [-0.2, 0) is 11.3 Å². The van der Waals surface area contributed by atoms with Gasteiger partial charge in [-0.2, -0.15) is 5.26 Å². The number of benzene rings is 2. The molecule has 0 fully saturated rings. The summed E-state index contributed by atoms with van der Waals surface area (Å²) >= 11 is 0. The minimum atomic E-state index is -0.739. The second-order valence-electron chi connectivity index (χ2n) is 3.94. The summed E-state index contributed by atoms with van der Waals surface area (Å²) in [5.74, 6) is -0.739. The van der Waals surface area contributed by atoms with Crippen LogP contribution in [-0.4, -0.2) is 40.8 Å². The molecule has 2 rings (SSSR count). The van der Waals surface area contributed by atoms with E-state index < -0.39 is 5.97 Å². The van der Waals surface area contributed by atoms with Crippen LogP contribution in [0.25, 0.3) is 11.1 Å². The normalized spacial score (nSPS) is 9.58. The average molecular weight is 266 g/mol. The predicted molar refractivity (Wildman–Crippen MR) is 76.4 cm³/mol. The van der Waals surface area contributed by atoms with Crippen LogP contribution in [0.4, 0.5) is 0 Å². The summed E-state index contributed by atoms with van der Waals surface area (Å²) in [6, 6.07) is 15.0. The molecule has 0 aromatic heterocycles. The molecular formula is C15H15NaO3. The van der Waals surface area contributed by atoms with E-state index in [0.29, 0.717) is 5.56 Å². The van der Waals surface area contributed by atoms with Gasteiger partial charge in [-0.25, -0.2) is 4.79 Å². The fraction of sp³-hybridized carbons (Fsp3) is 0.133. The topological polar surface area (TPSA) is 46.5 Å². The summed E-state index contributed by atoms with van der Waals surface area (Å²) in [4.78, 5) is 15.4. The van der Waals surface area contributed by atoms with E-state index in [1.807, 2.05) is 36.4 Å². The van der Waals surface area contributed by atoms with Gasteiger partial charge in [0.15, 0.2) is 0 Å². The van der Waals surface area contributed by atoms with E-state index in [2.05, 4.69) is 11.8 Å². The van der Waals surface area contributed by atoms with Gasteiger partial charge in [-0.1, -0.05) is 49.4 Å². The monoisotopic (exact) mass is 266 g/mol. The number of carbonyl (C=O) groups excluding carboxylic acids is 1. The summed E-state index contributed by atoms with van der Waals surface area (Å²) in [5.41, 5.74) is 3.27. The molecule has 2 aromatic rings. The number of carbonyl (C=O) groups is 1. The summed E-state index contributed by atoms with van der Waals surface area (Å²) in [5, 5.41) is 8.54. The minimum absolute atomic E-state index is 0. The van der Waals surface area contributed by atoms with Crippen molar-refractivity contribution < 1.29 is 14.9 Å². The van der Waals surface area contributed by atoms with Gasteiger partial charge in [-0.05, 0) is 29.2 Å². The molecule has 1 N–H and O–H groups in total. The first kappa shape index (κ1) is 15.9. The molecule has 94 valence electrons. The molecule has 0 saturated carbocycles. The standard InChI is InChI=1S/C15H14O3.Na.H/c1-2-11-7-3-4-8-12(11)13-9-5-6-10-14(13)15(16)18-17;;/h3-10,17H,2H2,1H3;;. The van der Waals surface area contributed by atoms with Crippen LogP contribution in [0.2, 0.25) is 0 Å². The molecule has 0 atom stereocenters. The van der Waals surface area contributed by atoms with Crippen molar-refractivity contribution in [2.24, 2.45) is 0 Å². The van der Waals surface area contributed by atoms with Gasteiger partial charge >= 0.3 is 35.5 Å². The Kier molecular flexibility index (Phi) is 6.25. The molecular weight excluding hydrogens is 251 g/mol. The third-order valence-corrected chi connectivity index (χ3v) is 2.92. The van der Waals surface area contributed by atoms with E-state index in [-0.39, 0.29) is 29.6 Å². The predicted octanol–water partition coefficient (Wildman–Crippen LogP) is 2.90. The number of hydrogen-bond acceptors (Lipinski definition) is 3. The van der Waals surface area contributed by atoms with Crippen molar-refractivity contribution in [3.8, 4) is 11.1 Å². The van der Waals surface area contributed by atoms with E-state index >= 15 is 0 Å². The first-order valence-electron chi connectivity index (χ1n) is 5.81. The Morgan fingerprint density at radius 2 is 1.63 bits per heavy atom. The van der Waals surface area contributed by atoms with Crippen molar-refractivity contribution in [1.82, 2.24) is 0 Å². The van der Waals surface area contributed by atoms with Gasteiger partial charge in [0.2, 0.25) is 0 Å². The van der Waals surface area contributed by atoms with E-state index in [9.17, 15) is 4.79 Å². The second-order valence-corrected chi connectivity index (χ2v) is 3.94. The Labute approximate surface area is 134 Å². The Bertz CT molecular complexity index is 567. The summed E-state index contributed by atoms with van der Waals surface area (Å²) in [6.07, 6.45) is 0.874. The molecule has 4 heteroatoms. The molecule has 19 heavy (non-hydrogen) atoms. The van der Waals surface area contributed by atoms with Crippen molar-refractivity contribution in [3.05, 3.63) is 59.7 Å². The van der Waals surface area contributed by atoms with Gasteiger partial charge in [-0.15, -0.1) is 0 Å². The van der Waals surface area contributed by atoms with E-state index in [4.69, 9.17) is 5.26 Å². The van der Waals surface area contributed by atoms with Crippen LogP contribution < -0.4 is 0 Å². The molecule has 2 aromatic carbocycles. The molecule has 0 saturated heterocycles. The Balaban J connectivity index is 0.00000180. The van der Waals surface area contributed by atoms with Crippen LogP contribution >= 0.6 is 0 Å². The van der Waals surface area contributed by atoms with Crippen LogP contribution in [0.3, 0.4) is 0 Å². The van der Waals surface area contributed by atoms with Crippen molar-refractivity contribution in [2.45, 2.75) is 13.3 Å².